The molecule has 1 heterocycles. The lowest BCUT2D eigenvalue weighted by molar-refractivity contribution is 0.473. The fourth-order valence-corrected chi connectivity index (χ4v) is 4.25. The monoisotopic (exact) mass is 351 g/mol. The molecule has 0 radical (unpaired) electrons. The lowest BCUT2D eigenvalue weighted by Crippen LogP contribution is -2.36. The highest BCUT2D eigenvalue weighted by atomic mass is 16.3. The van der Waals surface area contributed by atoms with E-state index in [4.69, 9.17) is 0 Å². The number of hydrogen-bond donors (Lipinski definition) is 1. The fraction of sp³-hybridized carbons (Fsp3) is 0.120. The predicted molar refractivity (Wildman–Crippen MR) is 111 cm³/mol. The number of hydrogen-bond acceptors (Lipinski definition) is 2. The van der Waals surface area contributed by atoms with Crippen molar-refractivity contribution < 1.29 is 5.11 Å². The Labute approximate surface area is 159 Å². The maximum absolute atomic E-state index is 9.96. The summed E-state index contributed by atoms with van der Waals surface area (Å²) in [6.45, 7) is 0.929. The molecule has 1 aliphatic heterocycles. The average molecular weight is 351 g/mol. The van der Waals surface area contributed by atoms with Crippen molar-refractivity contribution in [3.05, 3.63) is 108 Å². The van der Waals surface area contributed by atoms with E-state index in [0.717, 1.165) is 13.0 Å². The van der Waals surface area contributed by atoms with Gasteiger partial charge in [0.2, 0.25) is 0 Å². The van der Waals surface area contributed by atoms with Crippen LogP contribution in [0, 0.1) is 0 Å². The van der Waals surface area contributed by atoms with E-state index in [9.17, 15) is 5.11 Å². The quantitative estimate of drug-likeness (QED) is 0.501. The first-order chi connectivity index (χ1) is 13.3. The molecule has 5 rings (SSSR count). The Morgan fingerprint density at radius 1 is 0.741 bits per heavy atom. The van der Waals surface area contributed by atoms with Crippen LogP contribution in [0.15, 0.2) is 91.0 Å². The normalized spacial score (nSPS) is 16.3. The van der Waals surface area contributed by atoms with Crippen LogP contribution in [0.25, 0.3) is 10.8 Å². The minimum absolute atomic E-state index is 0.140. The van der Waals surface area contributed by atoms with E-state index in [1.807, 2.05) is 6.07 Å². The molecule has 0 aromatic heterocycles. The molecular weight excluding hydrogens is 330 g/mol. The lowest BCUT2D eigenvalue weighted by Gasteiger charge is -2.39. The summed E-state index contributed by atoms with van der Waals surface area (Å²) in [6, 6.07) is 31.8. The van der Waals surface area contributed by atoms with Crippen molar-refractivity contribution in [3.8, 4) is 5.75 Å². The largest absolute Gasteiger partial charge is 0.508 e. The second kappa shape index (κ2) is 6.48. The number of rotatable bonds is 2. The van der Waals surface area contributed by atoms with Gasteiger partial charge in [-0.15, -0.1) is 0 Å². The van der Waals surface area contributed by atoms with E-state index in [1.54, 1.807) is 6.07 Å². The van der Waals surface area contributed by atoms with E-state index < -0.39 is 0 Å². The number of benzene rings is 4. The Bertz CT molecular complexity index is 1100. The second-order valence-corrected chi connectivity index (χ2v) is 7.17. The zero-order valence-electron chi connectivity index (χ0n) is 15.0. The molecule has 0 fully saturated rings. The van der Waals surface area contributed by atoms with E-state index in [0.29, 0.717) is 5.75 Å². The van der Waals surface area contributed by atoms with Gasteiger partial charge in [-0.05, 0) is 64.2 Å². The van der Waals surface area contributed by atoms with Crippen LogP contribution in [0.5, 0.6) is 5.75 Å². The molecule has 132 valence electrons. The third-order valence-corrected chi connectivity index (χ3v) is 5.53. The van der Waals surface area contributed by atoms with Crippen molar-refractivity contribution >= 4 is 16.5 Å². The summed E-state index contributed by atoms with van der Waals surface area (Å²) in [5.74, 6) is 0.346. The Morgan fingerprint density at radius 2 is 1.52 bits per heavy atom. The number of aromatic hydroxyl groups is 1. The molecule has 0 aliphatic carbocycles. The van der Waals surface area contributed by atoms with Gasteiger partial charge in [-0.1, -0.05) is 60.7 Å². The Kier molecular flexibility index (Phi) is 3.83. The summed E-state index contributed by atoms with van der Waals surface area (Å²) in [5, 5.41) is 12.5. The molecule has 0 bridgehead atoms. The van der Waals surface area contributed by atoms with Crippen LogP contribution < -0.4 is 4.90 Å². The van der Waals surface area contributed by atoms with Gasteiger partial charge >= 0.3 is 0 Å². The summed E-state index contributed by atoms with van der Waals surface area (Å²) in [6.07, 6.45) is 0.933. The Balaban J connectivity index is 1.70. The molecule has 2 nitrogen and oxygen atoms in total. The van der Waals surface area contributed by atoms with Crippen LogP contribution >= 0.6 is 0 Å². The van der Waals surface area contributed by atoms with Gasteiger partial charge in [-0.3, -0.25) is 0 Å². The number of para-hydroxylation sites is 1. The zero-order chi connectivity index (χ0) is 18.2. The Morgan fingerprint density at radius 3 is 2.37 bits per heavy atom. The summed E-state index contributed by atoms with van der Waals surface area (Å²) < 4.78 is 0. The highest BCUT2D eigenvalue weighted by Crippen LogP contribution is 2.40. The minimum Gasteiger partial charge on any atom is -0.508 e. The molecular formula is C25H21NO. The highest BCUT2D eigenvalue weighted by Gasteiger charge is 2.29. The van der Waals surface area contributed by atoms with Crippen molar-refractivity contribution in [2.24, 2.45) is 0 Å². The van der Waals surface area contributed by atoms with Gasteiger partial charge in [0.25, 0.3) is 0 Å². The van der Waals surface area contributed by atoms with Crippen LogP contribution in [0.3, 0.4) is 0 Å². The summed E-state index contributed by atoms with van der Waals surface area (Å²) in [7, 11) is 0. The number of anilines is 1. The van der Waals surface area contributed by atoms with Gasteiger partial charge < -0.3 is 10.0 Å². The number of phenols is 1. The lowest BCUT2D eigenvalue weighted by atomic mass is 9.87. The molecule has 0 amide bonds. The molecule has 4 aromatic rings. The summed E-state index contributed by atoms with van der Waals surface area (Å²) in [4.78, 5) is 2.48. The summed E-state index contributed by atoms with van der Waals surface area (Å²) in [5.41, 5.74) is 5.03. The Hall–Kier alpha value is -3.26. The van der Waals surface area contributed by atoms with Crippen LogP contribution in [-0.2, 0) is 6.42 Å². The topological polar surface area (TPSA) is 23.5 Å². The molecule has 27 heavy (non-hydrogen) atoms. The maximum Gasteiger partial charge on any atom is 0.115 e. The van der Waals surface area contributed by atoms with Gasteiger partial charge in [-0.25, -0.2) is 0 Å². The van der Waals surface area contributed by atoms with Crippen LogP contribution in [-0.4, -0.2) is 11.7 Å². The van der Waals surface area contributed by atoms with Gasteiger partial charge in [0.05, 0.1) is 6.04 Å². The highest BCUT2D eigenvalue weighted by molar-refractivity contribution is 5.83. The zero-order valence-corrected chi connectivity index (χ0v) is 15.0. The predicted octanol–water partition coefficient (Wildman–Crippen LogP) is 5.70. The smallest absolute Gasteiger partial charge is 0.115 e. The third-order valence-electron chi connectivity index (χ3n) is 5.53. The molecule has 4 aromatic carbocycles. The second-order valence-electron chi connectivity index (χ2n) is 7.17. The van der Waals surface area contributed by atoms with Crippen molar-refractivity contribution in [1.82, 2.24) is 0 Å². The molecule has 0 saturated carbocycles. The first-order valence-electron chi connectivity index (χ1n) is 9.42. The first-order valence-corrected chi connectivity index (χ1v) is 9.42. The summed E-state index contributed by atoms with van der Waals surface area (Å²) >= 11 is 0. The number of phenolic OH excluding ortho intramolecular Hbond substituents is 1. The van der Waals surface area contributed by atoms with Crippen LogP contribution in [0.1, 0.15) is 22.7 Å². The standard InChI is InChI=1S/C25H21NO/c27-23-12-13-24-20(17-23)14-15-26(22-8-2-1-3-9-22)25(24)21-11-10-18-6-4-5-7-19(18)16-21/h1-13,16-17,25,27H,14-15H2. The fourth-order valence-electron chi connectivity index (χ4n) is 4.25. The SMILES string of the molecule is Oc1ccc2c(c1)CCN(c1ccccc1)C2c1ccc2ccccc2c1. The molecule has 0 saturated heterocycles. The van der Waals surface area contributed by atoms with Crippen LogP contribution in [0.2, 0.25) is 0 Å². The van der Waals surface area contributed by atoms with Gasteiger partial charge in [0.1, 0.15) is 5.75 Å². The van der Waals surface area contributed by atoms with Crippen molar-refractivity contribution in [2.45, 2.75) is 12.5 Å². The molecule has 0 spiro atoms. The molecule has 1 aliphatic rings. The minimum atomic E-state index is 0.140. The first kappa shape index (κ1) is 16.0. The molecule has 1 N–H and O–H groups in total. The number of nitrogens with zero attached hydrogens (tertiary/aromatic N) is 1. The van der Waals surface area contributed by atoms with Crippen molar-refractivity contribution in [1.29, 1.82) is 0 Å². The van der Waals surface area contributed by atoms with Crippen molar-refractivity contribution in [2.75, 3.05) is 11.4 Å². The van der Waals surface area contributed by atoms with Gasteiger partial charge in [0, 0.05) is 12.2 Å². The van der Waals surface area contributed by atoms with E-state index in [2.05, 4.69) is 83.8 Å². The van der Waals surface area contributed by atoms with Crippen molar-refractivity contribution in [3.63, 3.8) is 0 Å². The van der Waals surface area contributed by atoms with E-state index in [1.165, 1.54) is 33.2 Å². The molecule has 1 unspecified atom stereocenters. The van der Waals surface area contributed by atoms with Gasteiger partial charge in [0.15, 0.2) is 0 Å². The molecule has 2 heteroatoms. The van der Waals surface area contributed by atoms with Crippen LogP contribution in [0.4, 0.5) is 5.69 Å². The number of fused-ring (bicyclic) bond motifs is 2. The average Bonchev–Trinajstić information content (AvgIpc) is 2.73. The molecule has 1 atom stereocenters. The van der Waals surface area contributed by atoms with Gasteiger partial charge in [-0.2, -0.15) is 0 Å². The maximum atomic E-state index is 9.96. The van der Waals surface area contributed by atoms with E-state index >= 15 is 0 Å². The third kappa shape index (κ3) is 2.83. The van der Waals surface area contributed by atoms with E-state index in [-0.39, 0.29) is 6.04 Å².